The Morgan fingerprint density at radius 1 is 1.45 bits per heavy atom. The molecule has 0 fully saturated rings. The molecule has 0 aliphatic rings. The van der Waals surface area contributed by atoms with Crippen molar-refractivity contribution in [3.8, 4) is 0 Å². The molecular formula is C14H21N3OS2. The molecular weight excluding hydrogens is 290 g/mol. The van der Waals surface area contributed by atoms with E-state index < -0.39 is 0 Å². The van der Waals surface area contributed by atoms with Crippen LogP contribution in [0.4, 0.5) is 0 Å². The van der Waals surface area contributed by atoms with Crippen LogP contribution in [0.2, 0.25) is 0 Å². The number of hydrogen-bond donors (Lipinski definition) is 2. The van der Waals surface area contributed by atoms with Crippen LogP contribution < -0.4 is 10.9 Å². The van der Waals surface area contributed by atoms with E-state index in [1.807, 2.05) is 25.6 Å². The molecule has 0 radical (unpaired) electrons. The van der Waals surface area contributed by atoms with Crippen molar-refractivity contribution >= 4 is 33.3 Å². The number of H-pyrrole nitrogens is 1. The van der Waals surface area contributed by atoms with Crippen molar-refractivity contribution in [2.24, 2.45) is 5.92 Å². The Morgan fingerprint density at radius 3 is 2.90 bits per heavy atom. The number of nitrogens with one attached hydrogen (secondary N) is 2. The van der Waals surface area contributed by atoms with Gasteiger partial charge in [-0.3, -0.25) is 4.79 Å². The Bertz CT molecular complexity index is 648. The first kappa shape index (κ1) is 15.5. The van der Waals surface area contributed by atoms with Gasteiger partial charge in [0.25, 0.3) is 5.56 Å². The normalized spacial score (nSPS) is 13.0. The van der Waals surface area contributed by atoms with E-state index in [4.69, 9.17) is 0 Å². The van der Waals surface area contributed by atoms with Gasteiger partial charge in [0.1, 0.15) is 10.7 Å². The van der Waals surface area contributed by atoms with Crippen LogP contribution in [0.5, 0.6) is 0 Å². The summed E-state index contributed by atoms with van der Waals surface area (Å²) in [5.74, 6) is 2.48. The van der Waals surface area contributed by atoms with Gasteiger partial charge in [-0.2, -0.15) is 11.8 Å². The van der Waals surface area contributed by atoms with Crippen molar-refractivity contribution in [2.45, 2.75) is 27.3 Å². The highest BCUT2D eigenvalue weighted by Crippen LogP contribution is 2.25. The molecule has 0 spiro atoms. The van der Waals surface area contributed by atoms with Gasteiger partial charge >= 0.3 is 0 Å². The zero-order valence-corrected chi connectivity index (χ0v) is 14.0. The lowest BCUT2D eigenvalue weighted by Gasteiger charge is -2.10. The molecule has 4 nitrogen and oxygen atoms in total. The van der Waals surface area contributed by atoms with Crippen LogP contribution in [0, 0.1) is 19.8 Å². The molecule has 0 aliphatic carbocycles. The molecule has 2 heterocycles. The molecule has 0 aromatic carbocycles. The molecule has 2 rings (SSSR count). The van der Waals surface area contributed by atoms with Gasteiger partial charge in [0.2, 0.25) is 0 Å². The molecule has 2 aromatic heterocycles. The van der Waals surface area contributed by atoms with Crippen LogP contribution in [0.1, 0.15) is 23.2 Å². The fourth-order valence-corrected chi connectivity index (χ4v) is 3.90. The predicted octanol–water partition coefficient (Wildman–Crippen LogP) is 2.69. The summed E-state index contributed by atoms with van der Waals surface area (Å²) >= 11 is 3.45. The zero-order valence-electron chi connectivity index (χ0n) is 12.4. The number of hydrogen-bond acceptors (Lipinski definition) is 5. The summed E-state index contributed by atoms with van der Waals surface area (Å²) in [6.07, 6.45) is 2.12. The number of thioether (sulfide) groups is 1. The van der Waals surface area contributed by atoms with Gasteiger partial charge in [0.15, 0.2) is 0 Å². The van der Waals surface area contributed by atoms with Crippen molar-refractivity contribution in [2.75, 3.05) is 18.6 Å². The predicted molar refractivity (Wildman–Crippen MR) is 89.0 cm³/mol. The highest BCUT2D eigenvalue weighted by atomic mass is 32.2. The molecule has 0 bridgehead atoms. The largest absolute Gasteiger partial charge is 0.310 e. The fourth-order valence-electron chi connectivity index (χ4n) is 2.16. The standard InChI is InChI=1S/C14H21N3OS2/c1-8(7-19-4)5-15-6-11-16-13(18)12-9(2)10(3)20-14(12)17-11/h8,15H,5-7H2,1-4H3,(H,16,17,18). The first-order valence-corrected chi connectivity index (χ1v) is 8.92. The van der Waals surface area contributed by atoms with Gasteiger partial charge < -0.3 is 10.3 Å². The molecule has 1 atom stereocenters. The maximum Gasteiger partial charge on any atom is 0.259 e. The fraction of sp³-hybridized carbons (Fsp3) is 0.571. The highest BCUT2D eigenvalue weighted by Gasteiger charge is 2.11. The van der Waals surface area contributed by atoms with Gasteiger partial charge in [0.05, 0.1) is 11.9 Å². The summed E-state index contributed by atoms with van der Waals surface area (Å²) in [6, 6.07) is 0. The smallest absolute Gasteiger partial charge is 0.259 e. The molecule has 0 saturated heterocycles. The van der Waals surface area contributed by atoms with Crippen LogP contribution >= 0.6 is 23.1 Å². The minimum Gasteiger partial charge on any atom is -0.310 e. The summed E-state index contributed by atoms with van der Waals surface area (Å²) < 4.78 is 0. The lowest BCUT2D eigenvalue weighted by atomic mass is 10.2. The second-order valence-corrected chi connectivity index (χ2v) is 7.28. The number of aryl methyl sites for hydroxylation is 2. The molecule has 1 unspecified atom stereocenters. The molecule has 110 valence electrons. The third-order valence-corrected chi connectivity index (χ3v) is 5.33. The molecule has 0 saturated carbocycles. The van der Waals surface area contributed by atoms with Gasteiger partial charge in [-0.05, 0) is 43.9 Å². The summed E-state index contributed by atoms with van der Waals surface area (Å²) in [5, 5.41) is 4.10. The van der Waals surface area contributed by atoms with Crippen molar-refractivity contribution in [3.63, 3.8) is 0 Å². The number of nitrogens with zero attached hydrogens (tertiary/aromatic N) is 1. The van der Waals surface area contributed by atoms with Gasteiger partial charge in [-0.1, -0.05) is 6.92 Å². The quantitative estimate of drug-likeness (QED) is 0.861. The van der Waals surface area contributed by atoms with E-state index in [0.29, 0.717) is 12.5 Å². The summed E-state index contributed by atoms with van der Waals surface area (Å²) in [7, 11) is 0. The van der Waals surface area contributed by atoms with E-state index in [1.54, 1.807) is 11.3 Å². The third kappa shape index (κ3) is 3.42. The van der Waals surface area contributed by atoms with E-state index >= 15 is 0 Å². The van der Waals surface area contributed by atoms with Gasteiger partial charge in [-0.25, -0.2) is 4.98 Å². The third-order valence-electron chi connectivity index (χ3n) is 3.32. The zero-order chi connectivity index (χ0) is 14.7. The number of thiophene rings is 1. The lowest BCUT2D eigenvalue weighted by molar-refractivity contribution is 0.550. The van der Waals surface area contributed by atoms with E-state index in [1.165, 1.54) is 0 Å². The topological polar surface area (TPSA) is 57.8 Å². The number of aromatic nitrogens is 2. The summed E-state index contributed by atoms with van der Waals surface area (Å²) in [5.41, 5.74) is 1.03. The monoisotopic (exact) mass is 311 g/mol. The van der Waals surface area contributed by atoms with Crippen molar-refractivity contribution in [1.29, 1.82) is 0 Å². The Labute approximate surface area is 127 Å². The van der Waals surface area contributed by atoms with E-state index in [0.717, 1.165) is 38.8 Å². The van der Waals surface area contributed by atoms with Crippen molar-refractivity contribution in [1.82, 2.24) is 15.3 Å². The molecule has 2 aromatic rings. The van der Waals surface area contributed by atoms with E-state index in [-0.39, 0.29) is 5.56 Å². The highest BCUT2D eigenvalue weighted by molar-refractivity contribution is 7.98. The van der Waals surface area contributed by atoms with E-state index in [9.17, 15) is 4.79 Å². The first-order valence-electron chi connectivity index (χ1n) is 6.71. The molecule has 0 amide bonds. The maximum atomic E-state index is 12.1. The van der Waals surface area contributed by atoms with Crippen LogP contribution in [0.25, 0.3) is 10.2 Å². The first-order chi connectivity index (χ1) is 9.52. The van der Waals surface area contributed by atoms with Crippen LogP contribution in [0.15, 0.2) is 4.79 Å². The summed E-state index contributed by atoms with van der Waals surface area (Å²) in [4.78, 5) is 21.6. The Kier molecular flexibility index (Phi) is 5.23. The van der Waals surface area contributed by atoms with Crippen LogP contribution in [-0.2, 0) is 6.54 Å². The Balaban J connectivity index is 2.10. The Hall–Kier alpha value is -0.850. The number of rotatable bonds is 6. The van der Waals surface area contributed by atoms with E-state index in [2.05, 4.69) is 28.5 Å². The number of fused-ring (bicyclic) bond motifs is 1. The van der Waals surface area contributed by atoms with Crippen LogP contribution in [-0.4, -0.2) is 28.5 Å². The van der Waals surface area contributed by atoms with Gasteiger partial charge in [0, 0.05) is 4.88 Å². The second kappa shape index (κ2) is 6.74. The SMILES string of the molecule is CSCC(C)CNCc1nc2sc(C)c(C)c2c(=O)[nH]1. The summed E-state index contributed by atoms with van der Waals surface area (Å²) in [6.45, 7) is 7.77. The molecule has 0 aliphatic heterocycles. The van der Waals surface area contributed by atoms with Crippen molar-refractivity contribution < 1.29 is 0 Å². The number of aromatic amines is 1. The average molecular weight is 311 g/mol. The van der Waals surface area contributed by atoms with Crippen LogP contribution in [0.3, 0.4) is 0 Å². The molecule has 20 heavy (non-hydrogen) atoms. The Morgan fingerprint density at radius 2 is 2.20 bits per heavy atom. The van der Waals surface area contributed by atoms with Gasteiger partial charge in [-0.15, -0.1) is 11.3 Å². The minimum absolute atomic E-state index is 0.0224. The second-order valence-electron chi connectivity index (χ2n) is 5.17. The molecule has 2 N–H and O–H groups in total. The minimum atomic E-state index is -0.0224. The van der Waals surface area contributed by atoms with Crippen molar-refractivity contribution in [3.05, 3.63) is 26.6 Å². The lowest BCUT2D eigenvalue weighted by Crippen LogP contribution is -2.24. The molecule has 6 heteroatoms. The maximum absolute atomic E-state index is 12.1. The average Bonchev–Trinajstić information content (AvgIpc) is 2.65.